The average Bonchev–Trinajstić information content (AvgIpc) is 3.07. The minimum atomic E-state index is -0.665. The van der Waals surface area contributed by atoms with Crippen LogP contribution in [0.25, 0.3) is 6.08 Å². The van der Waals surface area contributed by atoms with Crippen LogP contribution < -0.4 is 9.47 Å². The summed E-state index contributed by atoms with van der Waals surface area (Å²) in [5.41, 5.74) is 1.28. The largest absolute Gasteiger partial charge is 0.490 e. The first-order valence-corrected chi connectivity index (χ1v) is 10.1. The van der Waals surface area contributed by atoms with Crippen molar-refractivity contribution in [2.75, 3.05) is 13.2 Å². The van der Waals surface area contributed by atoms with Gasteiger partial charge < -0.3 is 14.2 Å². The van der Waals surface area contributed by atoms with Gasteiger partial charge in [0.05, 0.1) is 23.2 Å². The summed E-state index contributed by atoms with van der Waals surface area (Å²) in [5, 5.41) is 11.5. The quantitative estimate of drug-likeness (QED) is 0.243. The molecule has 0 aliphatic carbocycles. The van der Waals surface area contributed by atoms with E-state index < -0.39 is 10.9 Å². The molecule has 0 saturated carbocycles. The number of aliphatic imine (C=N–C) groups is 1. The van der Waals surface area contributed by atoms with Gasteiger partial charge in [-0.3, -0.25) is 10.1 Å². The molecule has 0 N–H and O–H groups in total. The van der Waals surface area contributed by atoms with Crippen molar-refractivity contribution >= 4 is 35.2 Å². The molecule has 0 atom stereocenters. The lowest BCUT2D eigenvalue weighted by Crippen LogP contribution is -2.08. The van der Waals surface area contributed by atoms with Crippen LogP contribution in [-0.4, -0.2) is 30.0 Å². The third-order valence-electron chi connectivity index (χ3n) is 4.44. The lowest BCUT2D eigenvalue weighted by atomic mass is 10.1. The van der Waals surface area contributed by atoms with Crippen molar-refractivity contribution in [3.8, 4) is 11.5 Å². The first kappa shape index (κ1) is 22.3. The van der Waals surface area contributed by atoms with Crippen molar-refractivity contribution in [1.82, 2.24) is 0 Å². The molecule has 0 radical (unpaired) electrons. The van der Waals surface area contributed by atoms with E-state index in [0.717, 1.165) is 6.42 Å². The van der Waals surface area contributed by atoms with Crippen LogP contribution in [0.4, 0.5) is 5.69 Å². The summed E-state index contributed by atoms with van der Waals surface area (Å²) in [7, 11) is 0. The van der Waals surface area contributed by atoms with Crippen LogP contribution in [0.1, 0.15) is 37.0 Å². The zero-order valence-electron chi connectivity index (χ0n) is 17.3. The van der Waals surface area contributed by atoms with E-state index in [4.69, 9.17) is 25.8 Å². The highest BCUT2D eigenvalue weighted by Crippen LogP contribution is 2.38. The summed E-state index contributed by atoms with van der Waals surface area (Å²) in [5.74, 6) is 0.246. The molecule has 0 saturated heterocycles. The third kappa shape index (κ3) is 4.86. The Hall–Kier alpha value is -3.39. The summed E-state index contributed by atoms with van der Waals surface area (Å²) in [4.78, 5) is 27.3. The minimum absolute atomic E-state index is 0.0106. The monoisotopic (exact) mass is 444 g/mol. The van der Waals surface area contributed by atoms with Crippen LogP contribution in [0.3, 0.4) is 0 Å². The highest BCUT2D eigenvalue weighted by molar-refractivity contribution is 6.32. The van der Waals surface area contributed by atoms with Gasteiger partial charge in [-0.15, -0.1) is 0 Å². The molecular formula is C22H21ClN2O6. The number of cyclic esters (lactones) is 1. The molecule has 3 rings (SSSR count). The van der Waals surface area contributed by atoms with Crippen LogP contribution >= 0.6 is 11.6 Å². The van der Waals surface area contributed by atoms with Crippen LogP contribution in [0.15, 0.2) is 41.0 Å². The molecule has 2 aromatic carbocycles. The summed E-state index contributed by atoms with van der Waals surface area (Å²) in [6.07, 6.45) is 2.33. The Morgan fingerprint density at radius 3 is 2.71 bits per heavy atom. The number of nitrogens with zero attached hydrogens (tertiary/aromatic N) is 2. The molecule has 31 heavy (non-hydrogen) atoms. The Bertz CT molecular complexity index is 1090. The maximum absolute atomic E-state index is 12.4. The molecule has 0 fully saturated rings. The Morgan fingerprint density at radius 1 is 1.26 bits per heavy atom. The van der Waals surface area contributed by atoms with E-state index >= 15 is 0 Å². The smallest absolute Gasteiger partial charge is 0.363 e. The topological polar surface area (TPSA) is 100 Å². The average molecular weight is 445 g/mol. The summed E-state index contributed by atoms with van der Waals surface area (Å²) in [6.45, 7) is 6.30. The number of rotatable bonds is 8. The Morgan fingerprint density at radius 2 is 2.03 bits per heavy atom. The van der Waals surface area contributed by atoms with Crippen molar-refractivity contribution in [1.29, 1.82) is 0 Å². The molecule has 2 aromatic rings. The number of nitro benzene ring substituents is 1. The predicted octanol–water partition coefficient (Wildman–Crippen LogP) is 5.09. The van der Waals surface area contributed by atoms with Gasteiger partial charge in [-0.25, -0.2) is 9.79 Å². The molecule has 0 unspecified atom stereocenters. The van der Waals surface area contributed by atoms with Crippen LogP contribution in [0.2, 0.25) is 5.02 Å². The fourth-order valence-corrected chi connectivity index (χ4v) is 3.29. The van der Waals surface area contributed by atoms with Gasteiger partial charge in [0.2, 0.25) is 5.90 Å². The molecule has 0 bridgehead atoms. The Labute approximate surface area is 184 Å². The van der Waals surface area contributed by atoms with Gasteiger partial charge in [-0.2, -0.15) is 0 Å². The number of hydrogen-bond acceptors (Lipinski definition) is 7. The molecule has 1 aliphatic heterocycles. The molecule has 0 amide bonds. The summed E-state index contributed by atoms with van der Waals surface area (Å²) < 4.78 is 16.6. The lowest BCUT2D eigenvalue weighted by molar-refractivity contribution is -0.385. The van der Waals surface area contributed by atoms with Crippen LogP contribution in [0, 0.1) is 17.0 Å². The first-order chi connectivity index (χ1) is 14.8. The molecule has 162 valence electrons. The van der Waals surface area contributed by atoms with E-state index in [-0.39, 0.29) is 17.3 Å². The fraction of sp³-hybridized carbons (Fsp3) is 0.273. The molecule has 9 heteroatoms. The van der Waals surface area contributed by atoms with Gasteiger partial charge in [-0.05, 0) is 50.1 Å². The Balaban J connectivity index is 1.99. The van der Waals surface area contributed by atoms with E-state index in [2.05, 4.69) is 4.99 Å². The van der Waals surface area contributed by atoms with Gasteiger partial charge in [0.25, 0.3) is 5.69 Å². The summed E-state index contributed by atoms with van der Waals surface area (Å²) >= 11 is 6.37. The first-order valence-electron chi connectivity index (χ1n) is 9.71. The molecule has 1 heterocycles. The second kappa shape index (κ2) is 9.61. The van der Waals surface area contributed by atoms with E-state index in [0.29, 0.717) is 46.4 Å². The highest BCUT2D eigenvalue weighted by atomic mass is 35.5. The molecule has 1 aliphatic rings. The van der Waals surface area contributed by atoms with Crippen LogP contribution in [-0.2, 0) is 9.53 Å². The van der Waals surface area contributed by atoms with Crippen molar-refractivity contribution in [3.63, 3.8) is 0 Å². The SMILES string of the molecule is CCCOc1c(Cl)cc(/C=C2\N=C(c3cccc([N+](=O)[O-])c3C)OC2=O)cc1OCC. The number of benzene rings is 2. The number of hydrogen-bond donors (Lipinski definition) is 0. The summed E-state index contributed by atoms with van der Waals surface area (Å²) in [6, 6.07) is 7.85. The third-order valence-corrected chi connectivity index (χ3v) is 4.72. The maximum Gasteiger partial charge on any atom is 0.363 e. The van der Waals surface area contributed by atoms with Gasteiger partial charge in [0.1, 0.15) is 0 Å². The number of ether oxygens (including phenoxy) is 3. The van der Waals surface area contributed by atoms with Crippen molar-refractivity contribution in [2.24, 2.45) is 4.99 Å². The second-order valence-electron chi connectivity index (χ2n) is 6.65. The number of nitro groups is 1. The lowest BCUT2D eigenvalue weighted by Gasteiger charge is -2.14. The van der Waals surface area contributed by atoms with Crippen molar-refractivity contribution in [2.45, 2.75) is 27.2 Å². The number of carbonyl (C=O) groups is 1. The van der Waals surface area contributed by atoms with E-state index in [1.807, 2.05) is 13.8 Å². The van der Waals surface area contributed by atoms with Crippen LogP contribution in [0.5, 0.6) is 11.5 Å². The van der Waals surface area contributed by atoms with Gasteiger partial charge in [0.15, 0.2) is 17.2 Å². The zero-order valence-corrected chi connectivity index (χ0v) is 18.1. The fourth-order valence-electron chi connectivity index (χ4n) is 3.01. The number of halogens is 1. The van der Waals surface area contributed by atoms with E-state index in [1.165, 1.54) is 18.2 Å². The molecule has 8 nitrogen and oxygen atoms in total. The van der Waals surface area contributed by atoms with Crippen molar-refractivity contribution in [3.05, 3.63) is 67.9 Å². The maximum atomic E-state index is 12.4. The highest BCUT2D eigenvalue weighted by Gasteiger charge is 2.27. The Kier molecular flexibility index (Phi) is 6.91. The van der Waals surface area contributed by atoms with E-state index in [1.54, 1.807) is 25.1 Å². The molecule has 0 spiro atoms. The minimum Gasteiger partial charge on any atom is -0.490 e. The number of carbonyl (C=O) groups excluding carboxylic acids is 1. The van der Waals surface area contributed by atoms with Crippen molar-refractivity contribution < 1.29 is 23.9 Å². The van der Waals surface area contributed by atoms with Gasteiger partial charge in [0, 0.05) is 17.2 Å². The van der Waals surface area contributed by atoms with Gasteiger partial charge >= 0.3 is 5.97 Å². The second-order valence-corrected chi connectivity index (χ2v) is 7.06. The zero-order chi connectivity index (χ0) is 22.5. The van der Waals surface area contributed by atoms with Gasteiger partial charge in [-0.1, -0.05) is 24.6 Å². The molecule has 0 aromatic heterocycles. The number of esters is 1. The normalized spacial score (nSPS) is 14.4. The standard InChI is InChI=1S/C22H21ClN2O6/c1-4-9-30-20-16(23)10-14(12-19(20)29-5-2)11-17-22(26)31-21(24-17)15-7-6-8-18(13(15)3)25(27)28/h6-8,10-12H,4-5,9H2,1-3H3/b17-11-. The van der Waals surface area contributed by atoms with E-state index in [9.17, 15) is 14.9 Å². The molecular weight excluding hydrogens is 424 g/mol. The predicted molar refractivity (Wildman–Crippen MR) is 117 cm³/mol.